The van der Waals surface area contributed by atoms with Crippen molar-refractivity contribution in [3.05, 3.63) is 200 Å². The zero-order valence-electron chi connectivity index (χ0n) is 30.3. The molecule has 7 aromatic carbocycles. The van der Waals surface area contributed by atoms with E-state index in [-0.39, 0.29) is 0 Å². The van der Waals surface area contributed by atoms with Crippen LogP contribution in [0.5, 0.6) is 0 Å². The molecule has 0 bridgehead atoms. The fraction of sp³-hybridized carbons (Fsp3) is 0. The Kier molecular flexibility index (Phi) is 7.42. The molecule has 4 heterocycles. The minimum Gasteiger partial charge on any atom is -0.309 e. The highest BCUT2D eigenvalue weighted by Crippen LogP contribution is 2.38. The highest BCUT2D eigenvalue weighted by molar-refractivity contribution is 6.11. The third-order valence-corrected chi connectivity index (χ3v) is 10.9. The first kappa shape index (κ1) is 31.9. The largest absolute Gasteiger partial charge is 0.309 e. The summed E-state index contributed by atoms with van der Waals surface area (Å²) in [6.45, 7) is 0. The first-order valence-electron chi connectivity index (χ1n) is 18.8. The highest BCUT2D eigenvalue weighted by atomic mass is 15.2. The van der Waals surface area contributed by atoms with Gasteiger partial charge in [0.2, 0.25) is 5.95 Å². The molecule has 262 valence electrons. The van der Waals surface area contributed by atoms with Crippen LogP contribution in [0.15, 0.2) is 200 Å². The molecule has 4 aromatic heterocycles. The van der Waals surface area contributed by atoms with Crippen molar-refractivity contribution < 1.29 is 0 Å². The van der Waals surface area contributed by atoms with Crippen molar-refractivity contribution in [1.29, 1.82) is 0 Å². The van der Waals surface area contributed by atoms with E-state index in [9.17, 15) is 0 Å². The van der Waals surface area contributed by atoms with Gasteiger partial charge in [0.15, 0.2) is 0 Å². The average molecular weight is 716 g/mol. The molecule has 0 saturated heterocycles. The van der Waals surface area contributed by atoms with Gasteiger partial charge in [0.05, 0.1) is 39.7 Å². The van der Waals surface area contributed by atoms with Gasteiger partial charge in [0.25, 0.3) is 0 Å². The van der Waals surface area contributed by atoms with Gasteiger partial charge < -0.3 is 4.57 Å². The van der Waals surface area contributed by atoms with E-state index in [4.69, 9.17) is 9.97 Å². The molecule has 11 rings (SSSR count). The molecular formula is C51H33N5. The lowest BCUT2D eigenvalue weighted by atomic mass is 9.98. The molecule has 0 fully saturated rings. The molecule has 5 heteroatoms. The Morgan fingerprint density at radius 1 is 0.321 bits per heavy atom. The normalized spacial score (nSPS) is 11.6. The van der Waals surface area contributed by atoms with Crippen molar-refractivity contribution in [3.63, 3.8) is 0 Å². The van der Waals surface area contributed by atoms with Crippen molar-refractivity contribution >= 4 is 43.6 Å². The maximum atomic E-state index is 5.17. The van der Waals surface area contributed by atoms with Crippen molar-refractivity contribution in [2.45, 2.75) is 0 Å². The molecule has 0 unspecified atom stereocenters. The Hall–Kier alpha value is -7.63. The van der Waals surface area contributed by atoms with E-state index in [1.807, 2.05) is 48.8 Å². The highest BCUT2D eigenvalue weighted by Gasteiger charge is 2.18. The summed E-state index contributed by atoms with van der Waals surface area (Å²) in [6.07, 6.45) is 3.77. The van der Waals surface area contributed by atoms with Crippen LogP contribution in [0.2, 0.25) is 0 Å². The molecule has 0 radical (unpaired) electrons. The average Bonchev–Trinajstić information content (AvgIpc) is 3.79. The van der Waals surface area contributed by atoms with Crippen LogP contribution in [0, 0.1) is 0 Å². The van der Waals surface area contributed by atoms with Crippen molar-refractivity contribution in [2.75, 3.05) is 0 Å². The van der Waals surface area contributed by atoms with Gasteiger partial charge in [0.1, 0.15) is 0 Å². The van der Waals surface area contributed by atoms with Gasteiger partial charge in [-0.3, -0.25) is 9.55 Å². The summed E-state index contributed by atoms with van der Waals surface area (Å²) < 4.78 is 4.50. The Labute approximate surface area is 323 Å². The van der Waals surface area contributed by atoms with Gasteiger partial charge in [-0.05, 0) is 76.9 Å². The minimum atomic E-state index is 0.610. The molecule has 0 amide bonds. The summed E-state index contributed by atoms with van der Waals surface area (Å²) in [5.74, 6) is 0.610. The van der Waals surface area contributed by atoms with Gasteiger partial charge in [0, 0.05) is 44.6 Å². The Balaban J connectivity index is 1.000. The number of fused-ring (bicyclic) bond motifs is 6. The molecule has 0 N–H and O–H groups in total. The Morgan fingerprint density at radius 3 is 1.41 bits per heavy atom. The van der Waals surface area contributed by atoms with E-state index < -0.39 is 0 Å². The van der Waals surface area contributed by atoms with Crippen LogP contribution in [0.4, 0.5) is 0 Å². The molecule has 0 saturated carbocycles. The van der Waals surface area contributed by atoms with E-state index in [0.29, 0.717) is 5.95 Å². The molecule has 0 spiro atoms. The summed E-state index contributed by atoms with van der Waals surface area (Å²) in [4.78, 5) is 14.9. The van der Waals surface area contributed by atoms with Crippen LogP contribution in [0.1, 0.15) is 0 Å². The van der Waals surface area contributed by atoms with Crippen LogP contribution < -0.4 is 0 Å². The van der Waals surface area contributed by atoms with Gasteiger partial charge in [-0.15, -0.1) is 0 Å². The molecule has 56 heavy (non-hydrogen) atoms. The number of pyridine rings is 1. The monoisotopic (exact) mass is 715 g/mol. The lowest BCUT2D eigenvalue weighted by Gasteiger charge is -2.12. The smallest absolute Gasteiger partial charge is 0.235 e. The summed E-state index contributed by atoms with van der Waals surface area (Å²) >= 11 is 0. The maximum absolute atomic E-state index is 5.17. The number of benzene rings is 7. The SMILES string of the molecule is c1ccc(-c2cc(-c3ccccc3)nc(-n3c4ccc(-c5ccc(-c6ccc7c(c6)c6ccccc6n7-c6ccccc6)cc5)cc4c4ccncc43)n2)cc1. The van der Waals surface area contributed by atoms with E-state index in [1.165, 1.54) is 32.9 Å². The van der Waals surface area contributed by atoms with Crippen molar-refractivity contribution in [3.8, 4) is 56.4 Å². The molecule has 0 aliphatic carbocycles. The lowest BCUT2D eigenvalue weighted by Crippen LogP contribution is -2.04. The number of rotatable bonds is 6. The van der Waals surface area contributed by atoms with E-state index in [0.717, 1.165) is 61.1 Å². The first-order valence-corrected chi connectivity index (χ1v) is 18.8. The van der Waals surface area contributed by atoms with Crippen LogP contribution in [-0.2, 0) is 0 Å². The Bertz CT molecular complexity index is 3160. The van der Waals surface area contributed by atoms with Gasteiger partial charge in [-0.25, -0.2) is 9.97 Å². The summed E-state index contributed by atoms with van der Waals surface area (Å²) in [5.41, 5.74) is 14.0. The minimum absolute atomic E-state index is 0.610. The second kappa shape index (κ2) is 13.0. The topological polar surface area (TPSA) is 48.5 Å². The van der Waals surface area contributed by atoms with Crippen LogP contribution in [-0.4, -0.2) is 24.1 Å². The van der Waals surface area contributed by atoms with E-state index >= 15 is 0 Å². The van der Waals surface area contributed by atoms with Crippen LogP contribution >= 0.6 is 0 Å². The zero-order valence-corrected chi connectivity index (χ0v) is 30.3. The van der Waals surface area contributed by atoms with Gasteiger partial charge >= 0.3 is 0 Å². The molecule has 0 aliphatic heterocycles. The molecule has 5 nitrogen and oxygen atoms in total. The fourth-order valence-electron chi connectivity index (χ4n) is 8.17. The summed E-state index contributed by atoms with van der Waals surface area (Å²) in [5, 5.41) is 4.73. The molecular weight excluding hydrogens is 683 g/mol. The third-order valence-electron chi connectivity index (χ3n) is 10.9. The fourth-order valence-corrected chi connectivity index (χ4v) is 8.17. The number of nitrogens with zero attached hydrogens (tertiary/aromatic N) is 5. The lowest BCUT2D eigenvalue weighted by molar-refractivity contribution is 0.993. The van der Waals surface area contributed by atoms with E-state index in [2.05, 4.69) is 166 Å². The molecule has 0 atom stereocenters. The second-order valence-electron chi connectivity index (χ2n) is 14.1. The molecule has 11 aromatic rings. The van der Waals surface area contributed by atoms with E-state index in [1.54, 1.807) is 0 Å². The first-order chi connectivity index (χ1) is 27.8. The van der Waals surface area contributed by atoms with Crippen LogP contribution in [0.25, 0.3) is 100 Å². The third kappa shape index (κ3) is 5.29. The number of hydrogen-bond donors (Lipinski definition) is 0. The molecule has 0 aliphatic rings. The second-order valence-corrected chi connectivity index (χ2v) is 14.1. The predicted molar refractivity (Wildman–Crippen MR) is 230 cm³/mol. The summed E-state index contributed by atoms with van der Waals surface area (Å²) in [7, 11) is 0. The quantitative estimate of drug-likeness (QED) is 0.172. The maximum Gasteiger partial charge on any atom is 0.235 e. The van der Waals surface area contributed by atoms with Crippen molar-refractivity contribution in [2.24, 2.45) is 0 Å². The van der Waals surface area contributed by atoms with Gasteiger partial charge in [-0.1, -0.05) is 133 Å². The van der Waals surface area contributed by atoms with Gasteiger partial charge in [-0.2, -0.15) is 0 Å². The zero-order chi connectivity index (χ0) is 37.0. The Morgan fingerprint density at radius 2 is 0.804 bits per heavy atom. The predicted octanol–water partition coefficient (Wildman–Crippen LogP) is 12.7. The number of para-hydroxylation sites is 2. The summed E-state index contributed by atoms with van der Waals surface area (Å²) in [6, 6.07) is 66.5. The standard InChI is InChI=1S/C51H33N5/c1-4-12-36(13-5-1)45-32-46(37-14-6-2-7-15-37)54-51(53-45)56-49-27-25-39(31-44(49)42-28-29-52-33-50(42)56)35-22-20-34(21-23-35)38-24-26-48-43(30-38)41-18-10-11-19-47(41)55(48)40-16-8-3-9-17-40/h1-33H. The number of aromatic nitrogens is 5. The van der Waals surface area contributed by atoms with Crippen molar-refractivity contribution in [1.82, 2.24) is 24.1 Å². The number of hydrogen-bond acceptors (Lipinski definition) is 3. The van der Waals surface area contributed by atoms with Crippen LogP contribution in [0.3, 0.4) is 0 Å².